The molecule has 0 aliphatic rings. The monoisotopic (exact) mass is 218 g/mol. The summed E-state index contributed by atoms with van der Waals surface area (Å²) in [4.78, 5) is 0. The fourth-order valence-electron chi connectivity index (χ4n) is 1.11. The van der Waals surface area contributed by atoms with Crippen molar-refractivity contribution in [1.82, 2.24) is 0 Å². The molecule has 0 aliphatic carbocycles. The van der Waals surface area contributed by atoms with Gasteiger partial charge in [0.1, 0.15) is 13.3 Å². The summed E-state index contributed by atoms with van der Waals surface area (Å²) >= 11 is 0. The summed E-state index contributed by atoms with van der Waals surface area (Å²) < 4.78 is 5.57. The highest BCUT2D eigenvalue weighted by Gasteiger charge is 1.98. The standard InChI is InChI=1S/C8H13OP3/c1-6-3-7(2)5-8(4-6)9-12(10)11/h3-5H,10-11H2,1-2H3. The van der Waals surface area contributed by atoms with Crippen molar-refractivity contribution in [3.05, 3.63) is 29.3 Å². The minimum Gasteiger partial charge on any atom is -0.466 e. The van der Waals surface area contributed by atoms with Gasteiger partial charge in [-0.25, -0.2) is 0 Å². The van der Waals surface area contributed by atoms with E-state index >= 15 is 0 Å². The van der Waals surface area contributed by atoms with Crippen molar-refractivity contribution >= 4 is 25.4 Å². The molecule has 0 N–H and O–H groups in total. The van der Waals surface area contributed by atoms with Crippen LogP contribution in [0.15, 0.2) is 18.2 Å². The van der Waals surface area contributed by atoms with E-state index in [1.165, 1.54) is 11.1 Å². The smallest absolute Gasteiger partial charge is 0.124 e. The van der Waals surface area contributed by atoms with E-state index in [1.807, 2.05) is 0 Å². The lowest BCUT2D eigenvalue weighted by molar-refractivity contribution is 0.637. The van der Waals surface area contributed by atoms with Gasteiger partial charge >= 0.3 is 0 Å². The number of hydrogen-bond acceptors (Lipinski definition) is 1. The highest BCUT2D eigenvalue weighted by atomic mass is 32.4. The predicted molar refractivity (Wildman–Crippen MR) is 62.9 cm³/mol. The Bertz CT molecular complexity index is 253. The van der Waals surface area contributed by atoms with Gasteiger partial charge in [-0.3, -0.25) is 0 Å². The van der Waals surface area contributed by atoms with E-state index in [9.17, 15) is 0 Å². The largest absolute Gasteiger partial charge is 0.466 e. The molecule has 4 heteroatoms. The molecular weight excluding hydrogens is 205 g/mol. The van der Waals surface area contributed by atoms with Gasteiger partial charge in [0.05, 0.1) is 0 Å². The molecule has 1 nitrogen and oxygen atoms in total. The van der Waals surface area contributed by atoms with E-state index in [-0.39, 0.29) is 0 Å². The molecule has 0 amide bonds. The van der Waals surface area contributed by atoms with Crippen molar-refractivity contribution in [3.63, 3.8) is 0 Å². The van der Waals surface area contributed by atoms with Crippen molar-refractivity contribution in [2.45, 2.75) is 13.8 Å². The molecule has 1 rings (SSSR count). The second-order valence-corrected chi connectivity index (χ2v) is 8.52. The molecule has 0 radical (unpaired) electrons. The van der Waals surface area contributed by atoms with Crippen LogP contribution in [0.1, 0.15) is 11.1 Å². The maximum absolute atomic E-state index is 5.57. The molecule has 2 unspecified atom stereocenters. The van der Waals surface area contributed by atoms with Gasteiger partial charge in [-0.1, -0.05) is 23.9 Å². The lowest BCUT2D eigenvalue weighted by Crippen LogP contribution is -1.82. The van der Waals surface area contributed by atoms with Gasteiger partial charge in [0.2, 0.25) is 0 Å². The Labute approximate surface area is 79.3 Å². The molecule has 0 aromatic heterocycles. The highest BCUT2D eigenvalue weighted by molar-refractivity contribution is 8.41. The van der Waals surface area contributed by atoms with Gasteiger partial charge in [-0.05, 0) is 37.1 Å². The molecule has 1 aromatic rings. The van der Waals surface area contributed by atoms with Crippen LogP contribution in [-0.4, -0.2) is 0 Å². The summed E-state index contributed by atoms with van der Waals surface area (Å²) in [6.45, 7) is 4.15. The minimum atomic E-state index is -0.468. The first-order valence-corrected chi connectivity index (χ1v) is 8.13. The zero-order chi connectivity index (χ0) is 9.14. The molecule has 0 saturated heterocycles. The summed E-state index contributed by atoms with van der Waals surface area (Å²) in [6, 6.07) is 6.24. The Morgan fingerprint density at radius 3 is 2.00 bits per heavy atom. The first-order chi connectivity index (χ1) is 5.58. The number of benzene rings is 1. The topological polar surface area (TPSA) is 9.23 Å². The summed E-state index contributed by atoms with van der Waals surface area (Å²) in [5.74, 6) is 0.962. The number of rotatable bonds is 2. The molecule has 2 atom stereocenters. The summed E-state index contributed by atoms with van der Waals surface area (Å²) in [5.41, 5.74) is 2.49. The van der Waals surface area contributed by atoms with Crippen molar-refractivity contribution in [3.8, 4) is 5.75 Å². The quantitative estimate of drug-likeness (QED) is 0.688. The Balaban J connectivity index is 2.85. The molecular formula is C8H13OP3. The Morgan fingerprint density at radius 1 is 1.08 bits per heavy atom. The van der Waals surface area contributed by atoms with Crippen LogP contribution < -0.4 is 4.52 Å². The van der Waals surface area contributed by atoms with Crippen LogP contribution in [0.2, 0.25) is 0 Å². The molecule has 66 valence electrons. The van der Waals surface area contributed by atoms with Gasteiger partial charge in [-0.2, -0.15) is 0 Å². The van der Waals surface area contributed by atoms with E-state index in [0.717, 1.165) is 5.75 Å². The van der Waals surface area contributed by atoms with Crippen molar-refractivity contribution in [1.29, 1.82) is 0 Å². The molecule has 1 aromatic carbocycles. The molecule has 0 saturated carbocycles. The fourth-order valence-corrected chi connectivity index (χ4v) is 2.19. The molecule has 0 heterocycles. The van der Waals surface area contributed by atoms with Crippen LogP contribution >= 0.6 is 25.4 Å². The maximum atomic E-state index is 5.57. The number of hydrogen-bond donors (Lipinski definition) is 0. The first-order valence-electron chi connectivity index (χ1n) is 3.64. The lowest BCUT2D eigenvalue weighted by Gasteiger charge is -2.09. The fraction of sp³-hybridized carbons (Fsp3) is 0.250. The lowest BCUT2D eigenvalue weighted by atomic mass is 10.1. The molecule has 0 fully saturated rings. The highest BCUT2D eigenvalue weighted by Crippen LogP contribution is 2.53. The van der Waals surface area contributed by atoms with E-state index in [1.54, 1.807) is 0 Å². The average Bonchev–Trinajstić information content (AvgIpc) is 1.81. The van der Waals surface area contributed by atoms with E-state index in [0.29, 0.717) is 0 Å². The van der Waals surface area contributed by atoms with Crippen LogP contribution in [0, 0.1) is 13.8 Å². The van der Waals surface area contributed by atoms with Crippen molar-refractivity contribution in [2.24, 2.45) is 0 Å². The maximum Gasteiger partial charge on any atom is 0.124 e. The molecule has 12 heavy (non-hydrogen) atoms. The zero-order valence-electron chi connectivity index (χ0n) is 7.24. The number of aryl methyl sites for hydroxylation is 2. The van der Waals surface area contributed by atoms with Crippen LogP contribution in [-0.2, 0) is 0 Å². The third-order valence-corrected chi connectivity index (χ3v) is 2.46. The Morgan fingerprint density at radius 2 is 1.58 bits per heavy atom. The van der Waals surface area contributed by atoms with Crippen molar-refractivity contribution in [2.75, 3.05) is 0 Å². The SMILES string of the molecule is Cc1cc(C)cc(OP(P)P)c1. The van der Waals surface area contributed by atoms with Gasteiger partial charge in [0.15, 0.2) is 0 Å². The Kier molecular flexibility index (Phi) is 3.91. The van der Waals surface area contributed by atoms with E-state index in [4.69, 9.17) is 4.52 Å². The van der Waals surface area contributed by atoms with Gasteiger partial charge in [0.25, 0.3) is 0 Å². The normalized spacial score (nSPS) is 10.4. The third kappa shape index (κ3) is 3.36. The second kappa shape index (κ2) is 4.52. The van der Waals surface area contributed by atoms with Crippen LogP contribution in [0.3, 0.4) is 0 Å². The van der Waals surface area contributed by atoms with Crippen LogP contribution in [0.4, 0.5) is 0 Å². The van der Waals surface area contributed by atoms with E-state index in [2.05, 4.69) is 49.9 Å². The molecule has 0 spiro atoms. The zero-order valence-corrected chi connectivity index (χ0v) is 10.4. The van der Waals surface area contributed by atoms with Gasteiger partial charge in [0, 0.05) is 0 Å². The summed E-state index contributed by atoms with van der Waals surface area (Å²) in [6.07, 6.45) is 0. The van der Waals surface area contributed by atoms with E-state index < -0.39 is 7.53 Å². The molecule has 0 bridgehead atoms. The summed E-state index contributed by atoms with van der Waals surface area (Å²) in [5, 5.41) is 0. The van der Waals surface area contributed by atoms with Crippen LogP contribution in [0.25, 0.3) is 0 Å². The van der Waals surface area contributed by atoms with Crippen molar-refractivity contribution < 1.29 is 4.52 Å². The Hall–Kier alpha value is 0.310. The minimum absolute atomic E-state index is 0.468. The second-order valence-electron chi connectivity index (χ2n) is 2.77. The molecule has 0 aliphatic heterocycles. The predicted octanol–water partition coefficient (Wildman–Crippen LogP) is 3.66. The average molecular weight is 218 g/mol. The summed E-state index contributed by atoms with van der Waals surface area (Å²) in [7, 11) is 4.82. The van der Waals surface area contributed by atoms with Gasteiger partial charge in [-0.15, -0.1) is 0 Å². The third-order valence-electron chi connectivity index (χ3n) is 1.41. The van der Waals surface area contributed by atoms with Gasteiger partial charge < -0.3 is 4.52 Å². The van der Waals surface area contributed by atoms with Crippen LogP contribution in [0.5, 0.6) is 5.75 Å². The first kappa shape index (κ1) is 10.4.